The molecule has 3 aliphatic rings. The molecule has 0 spiro atoms. The second kappa shape index (κ2) is 10.6. The van der Waals surface area contributed by atoms with E-state index in [1.165, 1.54) is 12.1 Å². The molecule has 1 atom stereocenters. The number of alkyl halides is 3. The van der Waals surface area contributed by atoms with E-state index in [9.17, 15) is 13.2 Å². The quantitative estimate of drug-likeness (QED) is 0.636. The van der Waals surface area contributed by atoms with E-state index in [2.05, 4.69) is 67.8 Å². The molecule has 5 rings (SSSR count). The molecular formula is C28H36F3N5O. The van der Waals surface area contributed by atoms with Crippen molar-refractivity contribution in [2.24, 2.45) is 0 Å². The van der Waals surface area contributed by atoms with Crippen LogP contribution >= 0.6 is 0 Å². The summed E-state index contributed by atoms with van der Waals surface area (Å²) in [5.74, 6) is 0.876. The Kier molecular flexibility index (Phi) is 7.38. The normalized spacial score (nSPS) is 23.8. The van der Waals surface area contributed by atoms with Crippen LogP contribution in [-0.2, 0) is 5.66 Å². The molecule has 0 bridgehead atoms. The van der Waals surface area contributed by atoms with Gasteiger partial charge in [0, 0.05) is 57.6 Å². The maximum atomic E-state index is 12.8. The van der Waals surface area contributed by atoms with Crippen LogP contribution in [0.3, 0.4) is 0 Å². The molecule has 200 valence electrons. The lowest BCUT2D eigenvalue weighted by atomic mass is 9.91. The molecule has 2 aromatic carbocycles. The zero-order valence-corrected chi connectivity index (χ0v) is 21.6. The van der Waals surface area contributed by atoms with E-state index in [1.807, 2.05) is 6.07 Å². The van der Waals surface area contributed by atoms with Gasteiger partial charge in [-0.15, -0.1) is 13.2 Å². The molecule has 2 fully saturated rings. The third-order valence-corrected chi connectivity index (χ3v) is 7.87. The Morgan fingerprint density at radius 2 is 1.41 bits per heavy atom. The fraction of sp³-hybridized carbons (Fsp3) is 0.500. The van der Waals surface area contributed by atoms with Crippen molar-refractivity contribution in [2.45, 2.75) is 25.9 Å². The van der Waals surface area contributed by atoms with Crippen LogP contribution < -0.4 is 20.5 Å². The third-order valence-electron chi connectivity index (χ3n) is 7.87. The summed E-state index contributed by atoms with van der Waals surface area (Å²) in [4.78, 5) is 9.73. The topological polar surface area (TPSA) is 34.2 Å². The molecule has 2 saturated heterocycles. The summed E-state index contributed by atoms with van der Waals surface area (Å²) in [5.41, 5.74) is 0.202. The molecule has 0 aromatic heterocycles. The van der Waals surface area contributed by atoms with Crippen LogP contribution in [0, 0.1) is 0 Å². The highest BCUT2D eigenvalue weighted by molar-refractivity contribution is 5.58. The summed E-state index contributed by atoms with van der Waals surface area (Å²) in [5, 5.41) is 6.21. The maximum absolute atomic E-state index is 12.8. The van der Waals surface area contributed by atoms with Crippen LogP contribution in [0.1, 0.15) is 19.4 Å². The van der Waals surface area contributed by atoms with E-state index in [1.54, 1.807) is 12.1 Å². The van der Waals surface area contributed by atoms with E-state index in [-0.39, 0.29) is 5.75 Å². The minimum atomic E-state index is -4.72. The van der Waals surface area contributed by atoms with Crippen molar-refractivity contribution in [1.82, 2.24) is 24.9 Å². The Morgan fingerprint density at radius 1 is 0.811 bits per heavy atom. The third kappa shape index (κ3) is 5.44. The molecule has 9 heteroatoms. The standard InChI is InChI=1S/C28H36F3N5O/c1-3-33-13-17-35(18-14-33)26-25-8-6-5-7-22(25)21-27(32-26,36-19-15-34(4-2)16-20-36)23-9-11-24(12-10-23)37-28(29,30)31/h5-12,21,32H,3-4,13-20H2,1-2H3. The summed E-state index contributed by atoms with van der Waals surface area (Å²) in [6, 6.07) is 14.8. The first-order chi connectivity index (χ1) is 17.8. The van der Waals surface area contributed by atoms with Crippen LogP contribution in [-0.4, -0.2) is 91.4 Å². The number of rotatable bonds is 6. The molecule has 0 radical (unpaired) electrons. The molecule has 0 amide bonds. The molecule has 6 nitrogen and oxygen atoms in total. The van der Waals surface area contributed by atoms with Crippen molar-refractivity contribution in [1.29, 1.82) is 0 Å². The summed E-state index contributed by atoms with van der Waals surface area (Å²) in [6.45, 7) is 13.8. The molecule has 1 N–H and O–H groups in total. The van der Waals surface area contributed by atoms with Gasteiger partial charge < -0.3 is 24.8 Å². The number of ether oxygens (including phenoxy) is 1. The largest absolute Gasteiger partial charge is 0.573 e. The highest BCUT2D eigenvalue weighted by Gasteiger charge is 2.41. The van der Waals surface area contributed by atoms with E-state index < -0.39 is 12.0 Å². The van der Waals surface area contributed by atoms with E-state index in [0.717, 1.165) is 87.3 Å². The zero-order chi connectivity index (χ0) is 26.0. The lowest BCUT2D eigenvalue weighted by molar-refractivity contribution is -0.274. The van der Waals surface area contributed by atoms with Gasteiger partial charge in [0.2, 0.25) is 0 Å². The first-order valence-electron chi connectivity index (χ1n) is 13.2. The minimum Gasteiger partial charge on any atom is -0.406 e. The molecule has 0 saturated carbocycles. The first kappa shape index (κ1) is 25.9. The van der Waals surface area contributed by atoms with Crippen molar-refractivity contribution < 1.29 is 17.9 Å². The highest BCUT2D eigenvalue weighted by Crippen LogP contribution is 2.34. The lowest BCUT2D eigenvalue weighted by Gasteiger charge is -2.50. The second-order valence-electron chi connectivity index (χ2n) is 9.89. The van der Waals surface area contributed by atoms with Crippen LogP contribution in [0.15, 0.2) is 48.5 Å². The van der Waals surface area contributed by atoms with Gasteiger partial charge in [0.25, 0.3) is 0 Å². The summed E-state index contributed by atoms with van der Waals surface area (Å²) < 4.78 is 42.7. The van der Waals surface area contributed by atoms with Crippen LogP contribution in [0.4, 0.5) is 13.2 Å². The summed E-state index contributed by atoms with van der Waals surface area (Å²) in [6.07, 6.45) is -2.47. The Bertz CT molecular complexity index is 1190. The zero-order valence-electron chi connectivity index (χ0n) is 21.6. The summed E-state index contributed by atoms with van der Waals surface area (Å²) >= 11 is 0. The molecule has 1 unspecified atom stereocenters. The fourth-order valence-electron chi connectivity index (χ4n) is 5.72. The number of halogens is 3. The maximum Gasteiger partial charge on any atom is 0.573 e. The van der Waals surface area contributed by atoms with Gasteiger partial charge in [-0.1, -0.05) is 50.2 Å². The predicted octanol–water partition coefficient (Wildman–Crippen LogP) is 2.16. The van der Waals surface area contributed by atoms with Gasteiger partial charge in [-0.05, 0) is 42.1 Å². The SMILES string of the molecule is CCN1CCN(C2=c3ccccc3=CC(c3ccc(OC(F)(F)F)cc3)(N3CCN(CC)CC3)N2)CC1. The Labute approximate surface area is 216 Å². The van der Waals surface area contributed by atoms with Gasteiger partial charge in [-0.3, -0.25) is 4.90 Å². The van der Waals surface area contributed by atoms with E-state index in [0.29, 0.717) is 0 Å². The monoisotopic (exact) mass is 515 g/mol. The Morgan fingerprint density at radius 3 is 2.00 bits per heavy atom. The van der Waals surface area contributed by atoms with Crippen LogP contribution in [0.2, 0.25) is 0 Å². The van der Waals surface area contributed by atoms with Gasteiger partial charge in [0.15, 0.2) is 0 Å². The number of benzene rings is 2. The van der Waals surface area contributed by atoms with Crippen molar-refractivity contribution in [2.75, 3.05) is 65.4 Å². The smallest absolute Gasteiger partial charge is 0.406 e. The van der Waals surface area contributed by atoms with Gasteiger partial charge in [0.05, 0.1) is 0 Å². The number of piperazine rings is 2. The van der Waals surface area contributed by atoms with Crippen molar-refractivity contribution in [3.63, 3.8) is 0 Å². The van der Waals surface area contributed by atoms with Crippen molar-refractivity contribution in [3.8, 4) is 5.75 Å². The molecule has 3 aliphatic heterocycles. The number of fused-ring (bicyclic) bond motifs is 1. The molecule has 37 heavy (non-hydrogen) atoms. The van der Waals surface area contributed by atoms with Crippen LogP contribution in [0.25, 0.3) is 11.9 Å². The van der Waals surface area contributed by atoms with Gasteiger partial charge in [0.1, 0.15) is 17.2 Å². The lowest BCUT2D eigenvalue weighted by Crippen LogP contribution is -2.65. The fourth-order valence-corrected chi connectivity index (χ4v) is 5.72. The minimum absolute atomic E-state index is 0.210. The van der Waals surface area contributed by atoms with Crippen molar-refractivity contribution >= 4 is 11.9 Å². The number of hydrogen-bond acceptors (Lipinski definition) is 6. The van der Waals surface area contributed by atoms with Crippen molar-refractivity contribution in [3.05, 3.63) is 64.5 Å². The number of nitrogens with one attached hydrogen (secondary N) is 1. The molecule has 3 heterocycles. The first-order valence-corrected chi connectivity index (χ1v) is 13.2. The summed E-state index contributed by atoms with van der Waals surface area (Å²) in [7, 11) is 0. The van der Waals surface area contributed by atoms with Gasteiger partial charge in [-0.25, -0.2) is 0 Å². The van der Waals surface area contributed by atoms with Crippen LogP contribution in [0.5, 0.6) is 5.75 Å². The predicted molar refractivity (Wildman–Crippen MR) is 139 cm³/mol. The highest BCUT2D eigenvalue weighted by atomic mass is 19.4. The van der Waals surface area contributed by atoms with E-state index in [4.69, 9.17) is 0 Å². The van der Waals surface area contributed by atoms with Gasteiger partial charge >= 0.3 is 6.36 Å². The second-order valence-corrected chi connectivity index (χ2v) is 9.89. The van der Waals surface area contributed by atoms with E-state index >= 15 is 0 Å². The molecular weight excluding hydrogens is 479 g/mol. The van der Waals surface area contributed by atoms with Gasteiger partial charge in [-0.2, -0.15) is 0 Å². The number of hydrogen-bond donors (Lipinski definition) is 1. The average molecular weight is 516 g/mol. The Balaban J connectivity index is 1.58. The Hall–Kier alpha value is -2.75. The average Bonchev–Trinajstić information content (AvgIpc) is 2.92. The molecule has 0 aliphatic carbocycles. The number of likely N-dealkylation sites (N-methyl/N-ethyl adjacent to an activating group) is 2. The molecule has 2 aromatic rings. The number of nitrogens with zero attached hydrogens (tertiary/aromatic N) is 4.